The maximum Gasteiger partial charge on any atom is 0.264 e. The van der Waals surface area contributed by atoms with Crippen LogP contribution in [0.15, 0.2) is 83.8 Å². The topological polar surface area (TPSA) is 86.8 Å². The summed E-state index contributed by atoms with van der Waals surface area (Å²) < 4.78 is 27.8. The summed E-state index contributed by atoms with van der Waals surface area (Å²) in [6, 6.07) is 21.3. The standard InChI is InChI=1S/C24H25N3O4S/c1-4-27(19-12-6-5-7-13-19)32(30,31)20-14-10-11-18(17-20)23(28)25-22-16-9-8-15-21(22)24(29)26(2)3/h5-17H,4H2,1-3H3,(H,25,28). The fourth-order valence-electron chi connectivity index (χ4n) is 3.22. The second-order valence-electron chi connectivity index (χ2n) is 7.23. The summed E-state index contributed by atoms with van der Waals surface area (Å²) in [7, 11) is -0.620. The Morgan fingerprint density at radius 2 is 1.53 bits per heavy atom. The summed E-state index contributed by atoms with van der Waals surface area (Å²) in [4.78, 5) is 26.7. The van der Waals surface area contributed by atoms with Crippen LogP contribution in [0.1, 0.15) is 27.6 Å². The molecule has 3 aromatic carbocycles. The number of amides is 2. The normalized spacial score (nSPS) is 11.0. The lowest BCUT2D eigenvalue weighted by atomic mass is 10.1. The van der Waals surface area contributed by atoms with Crippen molar-refractivity contribution in [2.45, 2.75) is 11.8 Å². The fourth-order valence-corrected chi connectivity index (χ4v) is 4.74. The number of carbonyl (C=O) groups is 2. The van der Waals surface area contributed by atoms with E-state index >= 15 is 0 Å². The van der Waals surface area contributed by atoms with E-state index in [1.807, 2.05) is 6.07 Å². The van der Waals surface area contributed by atoms with E-state index in [0.717, 1.165) is 0 Å². The van der Waals surface area contributed by atoms with Crippen LogP contribution >= 0.6 is 0 Å². The quantitative estimate of drug-likeness (QED) is 0.591. The van der Waals surface area contributed by atoms with Crippen molar-refractivity contribution in [3.05, 3.63) is 90.0 Å². The van der Waals surface area contributed by atoms with Crippen molar-refractivity contribution in [2.75, 3.05) is 30.3 Å². The average molecular weight is 452 g/mol. The maximum atomic E-state index is 13.3. The number of carbonyl (C=O) groups excluding carboxylic acids is 2. The first-order valence-electron chi connectivity index (χ1n) is 10.1. The molecule has 0 bridgehead atoms. The summed E-state index contributed by atoms with van der Waals surface area (Å²) in [5.74, 6) is -0.762. The van der Waals surface area contributed by atoms with Gasteiger partial charge >= 0.3 is 0 Å². The number of nitrogens with one attached hydrogen (secondary N) is 1. The lowest BCUT2D eigenvalue weighted by molar-refractivity contribution is 0.0828. The van der Waals surface area contributed by atoms with Crippen molar-refractivity contribution in [1.29, 1.82) is 0 Å². The summed E-state index contributed by atoms with van der Waals surface area (Å²) in [6.45, 7) is 1.99. The molecule has 0 aliphatic rings. The zero-order chi connectivity index (χ0) is 23.3. The maximum absolute atomic E-state index is 13.3. The molecule has 7 nitrogen and oxygen atoms in total. The number of sulfonamides is 1. The van der Waals surface area contributed by atoms with E-state index in [2.05, 4.69) is 5.32 Å². The number of rotatable bonds is 7. The molecule has 0 aromatic heterocycles. The van der Waals surface area contributed by atoms with E-state index in [0.29, 0.717) is 16.9 Å². The molecule has 1 N–H and O–H groups in total. The number of benzene rings is 3. The molecule has 0 aliphatic carbocycles. The molecule has 8 heteroatoms. The van der Waals surface area contributed by atoms with Crippen LogP contribution in [0.5, 0.6) is 0 Å². The van der Waals surface area contributed by atoms with E-state index in [-0.39, 0.29) is 22.9 Å². The molecule has 0 saturated carbocycles. The molecule has 3 rings (SSSR count). The Kier molecular flexibility index (Phi) is 6.95. The average Bonchev–Trinajstić information content (AvgIpc) is 2.80. The number of hydrogen-bond acceptors (Lipinski definition) is 4. The Bertz CT molecular complexity index is 1220. The fraction of sp³-hybridized carbons (Fsp3) is 0.167. The second kappa shape index (κ2) is 9.65. The van der Waals surface area contributed by atoms with Crippen LogP contribution in [0.3, 0.4) is 0 Å². The van der Waals surface area contributed by atoms with E-state index in [1.54, 1.807) is 69.6 Å². The molecule has 0 radical (unpaired) electrons. The van der Waals surface area contributed by atoms with E-state index in [9.17, 15) is 18.0 Å². The highest BCUT2D eigenvalue weighted by Crippen LogP contribution is 2.24. The first-order valence-corrected chi connectivity index (χ1v) is 11.5. The minimum absolute atomic E-state index is 0.00788. The molecule has 32 heavy (non-hydrogen) atoms. The molecule has 2 amide bonds. The number of hydrogen-bond donors (Lipinski definition) is 1. The monoisotopic (exact) mass is 451 g/mol. The first-order chi connectivity index (χ1) is 15.3. The third-order valence-corrected chi connectivity index (χ3v) is 6.73. The van der Waals surface area contributed by atoms with Crippen molar-refractivity contribution >= 4 is 33.2 Å². The van der Waals surface area contributed by atoms with Gasteiger partial charge in [-0.2, -0.15) is 0 Å². The Labute approximate surface area is 188 Å². The lowest BCUT2D eigenvalue weighted by Gasteiger charge is -2.23. The van der Waals surface area contributed by atoms with Crippen LogP contribution < -0.4 is 9.62 Å². The van der Waals surface area contributed by atoms with Crippen LogP contribution in [0.4, 0.5) is 11.4 Å². The Morgan fingerprint density at radius 1 is 0.875 bits per heavy atom. The van der Waals surface area contributed by atoms with Gasteiger partial charge in [-0.25, -0.2) is 8.42 Å². The van der Waals surface area contributed by atoms with Gasteiger partial charge in [-0.1, -0.05) is 36.4 Å². The smallest absolute Gasteiger partial charge is 0.264 e. The minimum atomic E-state index is -3.87. The van der Waals surface area contributed by atoms with Crippen LogP contribution in [0.2, 0.25) is 0 Å². The molecule has 0 fully saturated rings. The summed E-state index contributed by atoms with van der Waals surface area (Å²) in [5, 5.41) is 2.72. The highest BCUT2D eigenvalue weighted by atomic mass is 32.2. The van der Waals surface area contributed by atoms with E-state index < -0.39 is 15.9 Å². The number of anilines is 2. The van der Waals surface area contributed by atoms with Crippen molar-refractivity contribution in [3.8, 4) is 0 Å². The van der Waals surface area contributed by atoms with Gasteiger partial charge in [-0.3, -0.25) is 13.9 Å². The van der Waals surface area contributed by atoms with E-state index in [4.69, 9.17) is 0 Å². The lowest BCUT2D eigenvalue weighted by Crippen LogP contribution is -2.31. The Morgan fingerprint density at radius 3 is 2.19 bits per heavy atom. The van der Waals surface area contributed by atoms with Crippen LogP contribution in [-0.4, -0.2) is 45.8 Å². The molecule has 0 spiro atoms. The zero-order valence-corrected chi connectivity index (χ0v) is 19.0. The van der Waals surface area contributed by atoms with Gasteiger partial charge in [0.1, 0.15) is 0 Å². The molecule has 0 heterocycles. The third-order valence-electron chi connectivity index (χ3n) is 4.83. The van der Waals surface area contributed by atoms with E-state index in [1.165, 1.54) is 33.5 Å². The predicted octanol–water partition coefficient (Wildman–Crippen LogP) is 3.86. The minimum Gasteiger partial charge on any atom is -0.345 e. The van der Waals surface area contributed by atoms with Crippen LogP contribution in [0, 0.1) is 0 Å². The number of nitrogens with zero attached hydrogens (tertiary/aromatic N) is 2. The molecule has 3 aromatic rings. The van der Waals surface area contributed by atoms with Crippen molar-refractivity contribution in [2.24, 2.45) is 0 Å². The summed E-state index contributed by atoms with van der Waals surface area (Å²) in [5.41, 5.74) is 1.41. The summed E-state index contributed by atoms with van der Waals surface area (Å²) in [6.07, 6.45) is 0. The molecule has 0 unspecified atom stereocenters. The van der Waals surface area contributed by atoms with Crippen LogP contribution in [-0.2, 0) is 10.0 Å². The van der Waals surface area contributed by atoms with Crippen molar-refractivity contribution in [3.63, 3.8) is 0 Å². The van der Waals surface area contributed by atoms with Gasteiger partial charge in [0.05, 0.1) is 21.8 Å². The number of para-hydroxylation sites is 2. The largest absolute Gasteiger partial charge is 0.345 e. The molecule has 166 valence electrons. The van der Waals surface area contributed by atoms with Gasteiger partial charge in [0.25, 0.3) is 21.8 Å². The van der Waals surface area contributed by atoms with Gasteiger partial charge in [0.2, 0.25) is 0 Å². The molecular formula is C24H25N3O4S. The first kappa shape index (κ1) is 23.0. The van der Waals surface area contributed by atoms with Crippen LogP contribution in [0.25, 0.3) is 0 Å². The van der Waals surface area contributed by atoms with Gasteiger partial charge in [-0.05, 0) is 49.4 Å². The van der Waals surface area contributed by atoms with Gasteiger partial charge < -0.3 is 10.2 Å². The van der Waals surface area contributed by atoms with Gasteiger partial charge in [0, 0.05) is 26.2 Å². The molecular weight excluding hydrogens is 426 g/mol. The third kappa shape index (κ3) is 4.81. The molecule has 0 saturated heterocycles. The SMILES string of the molecule is CCN(c1ccccc1)S(=O)(=O)c1cccc(C(=O)Nc2ccccc2C(=O)N(C)C)c1. The summed E-state index contributed by atoms with van der Waals surface area (Å²) >= 11 is 0. The highest BCUT2D eigenvalue weighted by molar-refractivity contribution is 7.92. The molecule has 0 aliphatic heterocycles. The Balaban J connectivity index is 1.91. The zero-order valence-electron chi connectivity index (χ0n) is 18.1. The van der Waals surface area contributed by atoms with Gasteiger partial charge in [0.15, 0.2) is 0 Å². The Hall–Kier alpha value is -3.65. The highest BCUT2D eigenvalue weighted by Gasteiger charge is 2.24. The van der Waals surface area contributed by atoms with Crippen molar-refractivity contribution in [1.82, 2.24) is 4.90 Å². The van der Waals surface area contributed by atoms with Gasteiger partial charge in [-0.15, -0.1) is 0 Å². The van der Waals surface area contributed by atoms with Crippen molar-refractivity contribution < 1.29 is 18.0 Å². The predicted molar refractivity (Wildman–Crippen MR) is 126 cm³/mol. The second-order valence-corrected chi connectivity index (χ2v) is 9.09. The molecule has 0 atom stereocenters.